The molecule has 1 aromatic heterocycles. The number of rotatable bonds is 5. The minimum atomic E-state index is -0.418. The summed E-state index contributed by atoms with van der Waals surface area (Å²) in [7, 11) is 0. The fraction of sp³-hybridized carbons (Fsp3) is 0.250. The van der Waals surface area contributed by atoms with Gasteiger partial charge in [0.2, 0.25) is 0 Å². The topological polar surface area (TPSA) is 70.2 Å². The largest absolute Gasteiger partial charge is 0.485 e. The van der Waals surface area contributed by atoms with E-state index in [0.717, 1.165) is 6.54 Å². The van der Waals surface area contributed by atoms with Crippen LogP contribution in [0, 0.1) is 10.1 Å². The number of halogens is 1. The lowest BCUT2D eigenvalue weighted by molar-refractivity contribution is -0.385. The number of benzene rings is 1. The van der Waals surface area contributed by atoms with Gasteiger partial charge in [0.25, 0.3) is 5.69 Å². The van der Waals surface area contributed by atoms with Crippen LogP contribution in [0.5, 0.6) is 5.75 Å². The molecule has 19 heavy (non-hydrogen) atoms. The molecule has 0 spiro atoms. The Hall–Kier alpha value is -1.89. The molecule has 0 aliphatic carbocycles. The van der Waals surface area contributed by atoms with Crippen LogP contribution < -0.4 is 4.74 Å². The number of nitro benzene ring substituents is 1. The Kier molecular flexibility index (Phi) is 4.16. The first kappa shape index (κ1) is 13.5. The smallest absolute Gasteiger partial charge is 0.277 e. The van der Waals surface area contributed by atoms with E-state index >= 15 is 0 Å². The zero-order valence-electron chi connectivity index (χ0n) is 10.2. The van der Waals surface area contributed by atoms with Crippen LogP contribution in [0.25, 0.3) is 0 Å². The Morgan fingerprint density at radius 1 is 1.53 bits per heavy atom. The van der Waals surface area contributed by atoms with Crippen molar-refractivity contribution >= 4 is 21.6 Å². The number of nitrogens with zero attached hydrogens (tertiary/aromatic N) is 3. The van der Waals surface area contributed by atoms with E-state index in [9.17, 15) is 10.1 Å². The molecule has 0 saturated carbocycles. The Morgan fingerprint density at radius 3 is 2.95 bits per heavy atom. The van der Waals surface area contributed by atoms with E-state index in [1.54, 1.807) is 29.2 Å². The maximum absolute atomic E-state index is 10.9. The average Bonchev–Trinajstić information content (AvgIpc) is 2.85. The molecule has 0 aliphatic rings. The molecule has 0 bridgehead atoms. The van der Waals surface area contributed by atoms with Gasteiger partial charge in [-0.3, -0.25) is 14.8 Å². The summed E-state index contributed by atoms with van der Waals surface area (Å²) in [5, 5.41) is 15.0. The Labute approximate surface area is 118 Å². The number of aryl methyl sites for hydroxylation is 1. The SMILES string of the molecule is CCn1cc(OCc2ccc(Br)cc2[N+](=O)[O-])cn1. The third kappa shape index (κ3) is 3.31. The van der Waals surface area contributed by atoms with Gasteiger partial charge in [-0.25, -0.2) is 0 Å². The maximum atomic E-state index is 10.9. The molecule has 0 radical (unpaired) electrons. The second-order valence-electron chi connectivity index (χ2n) is 3.85. The highest BCUT2D eigenvalue weighted by Crippen LogP contribution is 2.24. The number of hydrogen-bond acceptors (Lipinski definition) is 4. The molecular weight excluding hydrogens is 314 g/mol. The molecule has 0 N–H and O–H groups in total. The zero-order valence-corrected chi connectivity index (χ0v) is 11.8. The predicted molar refractivity (Wildman–Crippen MR) is 73.0 cm³/mol. The lowest BCUT2D eigenvalue weighted by atomic mass is 10.2. The molecule has 0 amide bonds. The van der Waals surface area contributed by atoms with Crippen molar-refractivity contribution in [3.8, 4) is 5.75 Å². The van der Waals surface area contributed by atoms with Crippen LogP contribution in [-0.4, -0.2) is 14.7 Å². The molecule has 1 heterocycles. The van der Waals surface area contributed by atoms with Crippen molar-refractivity contribution in [2.24, 2.45) is 0 Å². The van der Waals surface area contributed by atoms with Gasteiger partial charge >= 0.3 is 0 Å². The van der Waals surface area contributed by atoms with E-state index < -0.39 is 4.92 Å². The Balaban J connectivity index is 2.12. The van der Waals surface area contributed by atoms with E-state index in [4.69, 9.17) is 4.74 Å². The highest BCUT2D eigenvalue weighted by molar-refractivity contribution is 9.10. The summed E-state index contributed by atoms with van der Waals surface area (Å²) < 4.78 is 7.90. The van der Waals surface area contributed by atoms with Crippen LogP contribution in [0.15, 0.2) is 35.1 Å². The Morgan fingerprint density at radius 2 is 2.32 bits per heavy atom. The van der Waals surface area contributed by atoms with Crippen molar-refractivity contribution in [2.75, 3.05) is 0 Å². The van der Waals surface area contributed by atoms with E-state index in [1.165, 1.54) is 6.07 Å². The fourth-order valence-corrected chi connectivity index (χ4v) is 1.93. The quantitative estimate of drug-likeness (QED) is 0.625. The van der Waals surface area contributed by atoms with Crippen molar-refractivity contribution in [3.05, 3.63) is 50.7 Å². The molecule has 0 unspecified atom stereocenters. The third-order valence-electron chi connectivity index (χ3n) is 2.57. The van der Waals surface area contributed by atoms with Crippen molar-refractivity contribution in [1.29, 1.82) is 0 Å². The Bertz CT molecular complexity index is 598. The molecule has 0 fully saturated rings. The molecular formula is C12H12BrN3O3. The van der Waals surface area contributed by atoms with Gasteiger partial charge in [-0.1, -0.05) is 15.9 Å². The first-order valence-corrected chi connectivity index (χ1v) is 6.47. The monoisotopic (exact) mass is 325 g/mol. The first-order valence-electron chi connectivity index (χ1n) is 5.68. The molecule has 2 rings (SSSR count). The van der Waals surface area contributed by atoms with Crippen molar-refractivity contribution in [3.63, 3.8) is 0 Å². The normalized spacial score (nSPS) is 10.4. The maximum Gasteiger partial charge on any atom is 0.277 e. The highest BCUT2D eigenvalue weighted by Gasteiger charge is 2.14. The lowest BCUT2D eigenvalue weighted by Crippen LogP contribution is -2.00. The van der Waals surface area contributed by atoms with Crippen molar-refractivity contribution in [1.82, 2.24) is 9.78 Å². The minimum absolute atomic E-state index is 0.0391. The average molecular weight is 326 g/mol. The van der Waals surface area contributed by atoms with Crippen LogP contribution in [0.1, 0.15) is 12.5 Å². The number of aromatic nitrogens is 2. The van der Waals surface area contributed by atoms with Crippen LogP contribution in [-0.2, 0) is 13.2 Å². The third-order valence-corrected chi connectivity index (χ3v) is 3.07. The highest BCUT2D eigenvalue weighted by atomic mass is 79.9. The van der Waals surface area contributed by atoms with Crippen LogP contribution >= 0.6 is 15.9 Å². The molecule has 7 heteroatoms. The van der Waals surface area contributed by atoms with Gasteiger partial charge in [-0.2, -0.15) is 5.10 Å². The number of nitro groups is 1. The van der Waals surface area contributed by atoms with Crippen LogP contribution in [0.3, 0.4) is 0 Å². The molecule has 0 saturated heterocycles. The van der Waals surface area contributed by atoms with Gasteiger partial charge in [0.15, 0.2) is 5.75 Å². The summed E-state index contributed by atoms with van der Waals surface area (Å²) in [5.74, 6) is 0.596. The van der Waals surface area contributed by atoms with Gasteiger partial charge in [-0.15, -0.1) is 0 Å². The van der Waals surface area contributed by atoms with Crippen LogP contribution in [0.4, 0.5) is 5.69 Å². The standard InChI is InChI=1S/C12H12BrN3O3/c1-2-15-7-11(6-14-15)19-8-9-3-4-10(13)5-12(9)16(17)18/h3-7H,2,8H2,1H3. The summed E-state index contributed by atoms with van der Waals surface area (Å²) in [4.78, 5) is 10.5. The van der Waals surface area contributed by atoms with E-state index in [0.29, 0.717) is 15.8 Å². The van der Waals surface area contributed by atoms with Gasteiger partial charge in [-0.05, 0) is 19.1 Å². The van der Waals surface area contributed by atoms with Gasteiger partial charge in [0, 0.05) is 17.1 Å². The second-order valence-corrected chi connectivity index (χ2v) is 4.77. The van der Waals surface area contributed by atoms with Crippen molar-refractivity contribution in [2.45, 2.75) is 20.1 Å². The minimum Gasteiger partial charge on any atom is -0.485 e. The van der Waals surface area contributed by atoms with Crippen molar-refractivity contribution < 1.29 is 9.66 Å². The zero-order chi connectivity index (χ0) is 13.8. The first-order chi connectivity index (χ1) is 9.10. The number of hydrogen-bond donors (Lipinski definition) is 0. The molecule has 0 atom stereocenters. The van der Waals surface area contributed by atoms with Gasteiger partial charge in [0.05, 0.1) is 22.9 Å². The molecule has 2 aromatic rings. The van der Waals surface area contributed by atoms with E-state index in [2.05, 4.69) is 21.0 Å². The van der Waals surface area contributed by atoms with Gasteiger partial charge in [0.1, 0.15) is 6.61 Å². The molecule has 100 valence electrons. The summed E-state index contributed by atoms with van der Waals surface area (Å²) in [6.45, 7) is 2.86. The molecule has 6 nitrogen and oxygen atoms in total. The van der Waals surface area contributed by atoms with Crippen LogP contribution in [0.2, 0.25) is 0 Å². The molecule has 1 aromatic carbocycles. The lowest BCUT2D eigenvalue weighted by Gasteiger charge is -2.05. The number of ether oxygens (including phenoxy) is 1. The summed E-state index contributed by atoms with van der Waals surface area (Å²) in [5.41, 5.74) is 0.565. The molecule has 0 aliphatic heterocycles. The van der Waals surface area contributed by atoms with E-state index in [1.807, 2.05) is 6.92 Å². The van der Waals surface area contributed by atoms with Gasteiger partial charge < -0.3 is 4.74 Å². The fourth-order valence-electron chi connectivity index (χ4n) is 1.58. The second kappa shape index (κ2) is 5.83. The summed E-state index contributed by atoms with van der Waals surface area (Å²) in [6.07, 6.45) is 3.35. The van der Waals surface area contributed by atoms with E-state index in [-0.39, 0.29) is 12.3 Å². The summed E-state index contributed by atoms with van der Waals surface area (Å²) >= 11 is 3.21. The predicted octanol–water partition coefficient (Wildman–Crippen LogP) is 3.15. The summed E-state index contributed by atoms with van der Waals surface area (Å²) in [6, 6.07) is 4.89.